The first-order chi connectivity index (χ1) is 11.4. The van der Waals surface area contributed by atoms with Crippen molar-refractivity contribution in [2.24, 2.45) is 0 Å². The number of aromatic amines is 1. The number of ether oxygens (including phenoxy) is 3. The van der Waals surface area contributed by atoms with Gasteiger partial charge in [-0.3, -0.25) is 4.57 Å². The maximum absolute atomic E-state index is 12.1. The molecule has 1 N–H and O–H groups in total. The van der Waals surface area contributed by atoms with Gasteiger partial charge in [0.1, 0.15) is 0 Å². The summed E-state index contributed by atoms with van der Waals surface area (Å²) in [5.74, 6) is 2.31. The summed E-state index contributed by atoms with van der Waals surface area (Å²) in [6.45, 7) is 7.98. The Balaban J connectivity index is 2.89. The predicted octanol–water partition coefficient (Wildman–Crippen LogP) is 2.97. The van der Waals surface area contributed by atoms with Crippen molar-refractivity contribution in [3.8, 4) is 28.6 Å². The average molecular weight is 335 g/mol. The summed E-state index contributed by atoms with van der Waals surface area (Å²) in [5, 5.41) is 6.71. The van der Waals surface area contributed by atoms with Gasteiger partial charge in [-0.15, -0.1) is 0 Å². The number of nitrogens with zero attached hydrogens (tertiary/aromatic N) is 2. The van der Waals surface area contributed by atoms with Crippen molar-refractivity contribution in [1.82, 2.24) is 14.8 Å². The van der Waals surface area contributed by atoms with E-state index in [2.05, 4.69) is 24.0 Å². The van der Waals surface area contributed by atoms with Gasteiger partial charge >= 0.3 is 5.69 Å². The second-order valence-electron chi connectivity index (χ2n) is 6.08. The molecule has 0 bridgehead atoms. The summed E-state index contributed by atoms with van der Waals surface area (Å²) in [4.78, 5) is 12.1. The SMILES string of the molecule is COc1c(-c2n[nH]c(=O)n2C(C)C)cc(C(C)C)c(OC)c1OC. The summed E-state index contributed by atoms with van der Waals surface area (Å²) in [6, 6.07) is 1.89. The molecule has 0 radical (unpaired) electrons. The minimum Gasteiger partial charge on any atom is -0.492 e. The van der Waals surface area contributed by atoms with E-state index < -0.39 is 0 Å². The van der Waals surface area contributed by atoms with Gasteiger partial charge in [-0.05, 0) is 25.8 Å². The molecule has 0 aliphatic carbocycles. The van der Waals surface area contributed by atoms with Crippen LogP contribution in [0.15, 0.2) is 10.9 Å². The Morgan fingerprint density at radius 1 is 1.00 bits per heavy atom. The van der Waals surface area contributed by atoms with Crippen LogP contribution in [-0.2, 0) is 0 Å². The van der Waals surface area contributed by atoms with E-state index in [0.717, 1.165) is 5.56 Å². The van der Waals surface area contributed by atoms with Crippen molar-refractivity contribution < 1.29 is 14.2 Å². The standard InChI is InChI=1S/C17H25N3O4/c1-9(2)11-8-12(14(23-6)15(24-7)13(11)22-5)16-18-19-17(21)20(16)10(3)4/h8-10H,1-7H3,(H,19,21). The second kappa shape index (κ2) is 6.98. The smallest absolute Gasteiger partial charge is 0.343 e. The largest absolute Gasteiger partial charge is 0.492 e. The molecular formula is C17H25N3O4. The Hall–Kier alpha value is -2.44. The van der Waals surface area contributed by atoms with Gasteiger partial charge in [0, 0.05) is 11.6 Å². The second-order valence-corrected chi connectivity index (χ2v) is 6.08. The molecule has 2 aromatic rings. The average Bonchev–Trinajstić information content (AvgIpc) is 2.93. The van der Waals surface area contributed by atoms with Crippen LogP contribution >= 0.6 is 0 Å². The lowest BCUT2D eigenvalue weighted by atomic mass is 9.97. The van der Waals surface area contributed by atoms with E-state index in [1.165, 1.54) is 0 Å². The third kappa shape index (κ3) is 2.86. The zero-order valence-electron chi connectivity index (χ0n) is 15.3. The summed E-state index contributed by atoms with van der Waals surface area (Å²) in [7, 11) is 4.72. The fourth-order valence-electron chi connectivity index (χ4n) is 2.81. The number of hydrogen-bond donors (Lipinski definition) is 1. The molecule has 7 heteroatoms. The van der Waals surface area contributed by atoms with Crippen molar-refractivity contribution in [3.63, 3.8) is 0 Å². The van der Waals surface area contributed by atoms with Gasteiger partial charge in [-0.2, -0.15) is 5.10 Å². The van der Waals surface area contributed by atoms with E-state index in [0.29, 0.717) is 28.6 Å². The third-order valence-electron chi connectivity index (χ3n) is 3.92. The molecule has 7 nitrogen and oxygen atoms in total. The Bertz CT molecular complexity index is 775. The fraction of sp³-hybridized carbons (Fsp3) is 0.529. The van der Waals surface area contributed by atoms with Crippen LogP contribution < -0.4 is 19.9 Å². The maximum atomic E-state index is 12.1. The molecule has 132 valence electrons. The minimum atomic E-state index is -0.261. The third-order valence-corrected chi connectivity index (χ3v) is 3.92. The van der Waals surface area contributed by atoms with Crippen LogP contribution in [0, 0.1) is 0 Å². The highest BCUT2D eigenvalue weighted by Gasteiger charge is 2.26. The van der Waals surface area contributed by atoms with Gasteiger partial charge in [0.2, 0.25) is 5.75 Å². The molecule has 0 aliphatic rings. The number of aromatic nitrogens is 3. The fourth-order valence-corrected chi connectivity index (χ4v) is 2.81. The number of methoxy groups -OCH3 is 3. The molecule has 24 heavy (non-hydrogen) atoms. The molecule has 0 saturated heterocycles. The van der Waals surface area contributed by atoms with E-state index in [1.54, 1.807) is 25.9 Å². The van der Waals surface area contributed by atoms with Crippen LogP contribution in [0.5, 0.6) is 17.2 Å². The van der Waals surface area contributed by atoms with E-state index in [1.807, 2.05) is 19.9 Å². The molecule has 0 spiro atoms. The van der Waals surface area contributed by atoms with Crippen molar-refractivity contribution in [3.05, 3.63) is 22.1 Å². The van der Waals surface area contributed by atoms with Crippen LogP contribution in [-0.4, -0.2) is 36.1 Å². The summed E-state index contributed by atoms with van der Waals surface area (Å²) in [5.41, 5.74) is 1.38. The molecule has 1 heterocycles. The normalized spacial score (nSPS) is 11.2. The van der Waals surface area contributed by atoms with Gasteiger partial charge in [-0.25, -0.2) is 9.89 Å². The lowest BCUT2D eigenvalue weighted by molar-refractivity contribution is 0.322. The molecule has 2 rings (SSSR count). The van der Waals surface area contributed by atoms with Gasteiger partial charge in [0.05, 0.1) is 26.9 Å². The zero-order valence-corrected chi connectivity index (χ0v) is 15.3. The number of benzene rings is 1. The number of hydrogen-bond acceptors (Lipinski definition) is 5. The van der Waals surface area contributed by atoms with Crippen molar-refractivity contribution in [2.45, 2.75) is 39.7 Å². The molecule has 0 aliphatic heterocycles. The summed E-state index contributed by atoms with van der Waals surface area (Å²) < 4.78 is 18.2. The summed E-state index contributed by atoms with van der Waals surface area (Å²) >= 11 is 0. The molecule has 1 aromatic carbocycles. The highest BCUT2D eigenvalue weighted by Crippen LogP contribution is 2.48. The van der Waals surface area contributed by atoms with E-state index >= 15 is 0 Å². The van der Waals surface area contributed by atoms with Crippen LogP contribution in [0.25, 0.3) is 11.4 Å². The van der Waals surface area contributed by atoms with Crippen molar-refractivity contribution in [1.29, 1.82) is 0 Å². The zero-order chi connectivity index (χ0) is 18.0. The summed E-state index contributed by atoms with van der Waals surface area (Å²) in [6.07, 6.45) is 0. The molecule has 0 fully saturated rings. The van der Waals surface area contributed by atoms with Gasteiger partial charge < -0.3 is 14.2 Å². The number of nitrogens with one attached hydrogen (secondary N) is 1. The Labute approximate surface area is 141 Å². The monoisotopic (exact) mass is 335 g/mol. The van der Waals surface area contributed by atoms with Gasteiger partial charge in [-0.1, -0.05) is 13.8 Å². The highest BCUT2D eigenvalue weighted by molar-refractivity contribution is 5.75. The van der Waals surface area contributed by atoms with Crippen LogP contribution in [0.2, 0.25) is 0 Å². The van der Waals surface area contributed by atoms with E-state index in [4.69, 9.17) is 14.2 Å². The lowest BCUT2D eigenvalue weighted by Crippen LogP contribution is -2.19. The first-order valence-corrected chi connectivity index (χ1v) is 7.87. The lowest BCUT2D eigenvalue weighted by Gasteiger charge is -2.21. The molecule has 0 unspecified atom stereocenters. The first kappa shape index (κ1) is 17.9. The van der Waals surface area contributed by atoms with Crippen molar-refractivity contribution in [2.75, 3.05) is 21.3 Å². The Morgan fingerprint density at radius 3 is 2.04 bits per heavy atom. The number of H-pyrrole nitrogens is 1. The van der Waals surface area contributed by atoms with E-state index in [-0.39, 0.29) is 17.6 Å². The number of rotatable bonds is 6. The Kier molecular flexibility index (Phi) is 5.21. The maximum Gasteiger partial charge on any atom is 0.343 e. The van der Waals surface area contributed by atoms with Crippen LogP contribution in [0.1, 0.15) is 45.2 Å². The molecular weight excluding hydrogens is 310 g/mol. The minimum absolute atomic E-state index is 0.0495. The highest BCUT2D eigenvalue weighted by atomic mass is 16.5. The predicted molar refractivity (Wildman–Crippen MR) is 92.4 cm³/mol. The molecule has 0 saturated carbocycles. The van der Waals surface area contributed by atoms with E-state index in [9.17, 15) is 4.79 Å². The van der Waals surface area contributed by atoms with Crippen LogP contribution in [0.4, 0.5) is 0 Å². The van der Waals surface area contributed by atoms with Crippen LogP contribution in [0.3, 0.4) is 0 Å². The van der Waals surface area contributed by atoms with Gasteiger partial charge in [0.15, 0.2) is 17.3 Å². The molecule has 0 amide bonds. The molecule has 0 atom stereocenters. The van der Waals surface area contributed by atoms with Gasteiger partial charge in [0.25, 0.3) is 0 Å². The quantitative estimate of drug-likeness (QED) is 0.878. The van der Waals surface area contributed by atoms with Crippen molar-refractivity contribution >= 4 is 0 Å². The Morgan fingerprint density at radius 2 is 1.58 bits per heavy atom. The topological polar surface area (TPSA) is 78.4 Å². The first-order valence-electron chi connectivity index (χ1n) is 7.87. The molecule has 1 aromatic heterocycles.